The van der Waals surface area contributed by atoms with E-state index in [9.17, 15) is 9.90 Å². The van der Waals surface area contributed by atoms with Crippen LogP contribution in [0.15, 0.2) is 0 Å². The molecule has 2 unspecified atom stereocenters. The monoisotopic (exact) mass is 158 g/mol. The Bertz CT molecular complexity index is 161. The molecule has 0 bridgehead atoms. The van der Waals surface area contributed by atoms with Gasteiger partial charge >= 0.3 is 0 Å². The van der Waals surface area contributed by atoms with Crippen LogP contribution in [0, 0.1) is 0 Å². The predicted octanol–water partition coefficient (Wildman–Crippen LogP) is -1.07. The van der Waals surface area contributed by atoms with Gasteiger partial charge < -0.3 is 10.8 Å². The molecule has 0 aromatic rings. The van der Waals surface area contributed by atoms with Crippen molar-refractivity contribution in [3.63, 3.8) is 0 Å². The number of hydrogen-bond acceptors (Lipinski definition) is 3. The molecule has 64 valence electrons. The zero-order chi connectivity index (χ0) is 8.43. The van der Waals surface area contributed by atoms with Crippen molar-refractivity contribution in [1.82, 2.24) is 4.90 Å². The summed E-state index contributed by atoms with van der Waals surface area (Å²) in [7, 11) is 0. The van der Waals surface area contributed by atoms with Gasteiger partial charge in [0.2, 0.25) is 5.91 Å². The maximum Gasteiger partial charge on any atom is 0.231 e. The van der Waals surface area contributed by atoms with Crippen LogP contribution >= 0.6 is 0 Å². The average molecular weight is 158 g/mol. The molecule has 0 aromatic carbocycles. The van der Waals surface area contributed by atoms with Crippen molar-refractivity contribution >= 4 is 5.91 Å². The van der Waals surface area contributed by atoms with E-state index in [2.05, 4.69) is 0 Å². The van der Waals surface area contributed by atoms with Crippen molar-refractivity contribution in [2.45, 2.75) is 25.5 Å². The van der Waals surface area contributed by atoms with Gasteiger partial charge in [-0.15, -0.1) is 0 Å². The Kier molecular flexibility index (Phi) is 2.46. The van der Waals surface area contributed by atoms with E-state index in [-0.39, 0.29) is 24.6 Å². The molecular formula is C7H14N2O2. The predicted molar refractivity (Wildman–Crippen MR) is 40.9 cm³/mol. The van der Waals surface area contributed by atoms with Gasteiger partial charge in [-0.2, -0.15) is 0 Å². The molecule has 1 saturated heterocycles. The number of nitrogens with two attached hydrogens (primary N) is 1. The van der Waals surface area contributed by atoms with Crippen LogP contribution in [-0.4, -0.2) is 41.1 Å². The maximum absolute atomic E-state index is 10.5. The van der Waals surface area contributed by atoms with Crippen molar-refractivity contribution in [2.24, 2.45) is 5.73 Å². The highest BCUT2D eigenvalue weighted by Gasteiger charge is 2.27. The Hall–Kier alpha value is -0.610. The second-order valence-corrected chi connectivity index (χ2v) is 3.13. The summed E-state index contributed by atoms with van der Waals surface area (Å²) in [4.78, 5) is 12.4. The second kappa shape index (κ2) is 3.19. The third-order valence-corrected chi connectivity index (χ3v) is 2.04. The number of rotatable bonds is 2. The fourth-order valence-electron chi connectivity index (χ4n) is 1.49. The van der Waals surface area contributed by atoms with Gasteiger partial charge in [0.05, 0.1) is 12.6 Å². The van der Waals surface area contributed by atoms with Crippen LogP contribution in [-0.2, 0) is 4.79 Å². The molecule has 0 radical (unpaired) electrons. The van der Waals surface area contributed by atoms with Crippen LogP contribution in [0.3, 0.4) is 0 Å². The molecule has 0 spiro atoms. The molecule has 3 N–H and O–H groups in total. The first-order valence-electron chi connectivity index (χ1n) is 3.80. The quantitative estimate of drug-likeness (QED) is 0.537. The van der Waals surface area contributed by atoms with Crippen molar-refractivity contribution in [3.05, 3.63) is 0 Å². The van der Waals surface area contributed by atoms with Gasteiger partial charge in [-0.3, -0.25) is 9.69 Å². The number of amides is 1. The lowest BCUT2D eigenvalue weighted by Gasteiger charge is -2.17. The lowest BCUT2D eigenvalue weighted by atomic mass is 10.2. The number of hydrogen-bond donors (Lipinski definition) is 2. The highest BCUT2D eigenvalue weighted by atomic mass is 16.3. The number of aliphatic hydroxyl groups is 1. The minimum Gasteiger partial charge on any atom is -0.392 e. The molecule has 4 heteroatoms. The van der Waals surface area contributed by atoms with E-state index in [4.69, 9.17) is 5.73 Å². The first-order chi connectivity index (χ1) is 5.09. The largest absolute Gasteiger partial charge is 0.392 e. The maximum atomic E-state index is 10.5. The van der Waals surface area contributed by atoms with Crippen molar-refractivity contribution < 1.29 is 9.90 Å². The number of β-amino-alcohol motifs (C(OH)–C–C–N with tert-alkyl or cyclic N) is 1. The summed E-state index contributed by atoms with van der Waals surface area (Å²) in [5.74, 6) is -0.328. The standard InChI is InChI=1S/C7H14N2O2/c1-5-2-6(10)3-9(5)4-7(8)11/h5-6,10H,2-4H2,1H3,(H2,8,11). The van der Waals surface area contributed by atoms with Crippen LogP contribution in [0.4, 0.5) is 0 Å². The van der Waals surface area contributed by atoms with Gasteiger partial charge in [-0.25, -0.2) is 0 Å². The number of nitrogens with zero attached hydrogens (tertiary/aromatic N) is 1. The molecule has 1 fully saturated rings. The Balaban J connectivity index is 2.40. The number of aliphatic hydroxyl groups excluding tert-OH is 1. The second-order valence-electron chi connectivity index (χ2n) is 3.13. The van der Waals surface area contributed by atoms with Gasteiger partial charge in [0.1, 0.15) is 0 Å². The fraction of sp³-hybridized carbons (Fsp3) is 0.857. The number of likely N-dealkylation sites (tertiary alicyclic amines) is 1. The lowest BCUT2D eigenvalue weighted by molar-refractivity contribution is -0.119. The van der Waals surface area contributed by atoms with Crippen LogP contribution in [0.2, 0.25) is 0 Å². The van der Waals surface area contributed by atoms with E-state index in [1.165, 1.54) is 0 Å². The summed E-state index contributed by atoms with van der Waals surface area (Å²) >= 11 is 0. The van der Waals surface area contributed by atoms with Crippen LogP contribution in [0.1, 0.15) is 13.3 Å². The topological polar surface area (TPSA) is 66.6 Å². The fourth-order valence-corrected chi connectivity index (χ4v) is 1.49. The summed E-state index contributed by atoms with van der Waals surface area (Å²) in [5.41, 5.74) is 5.02. The first-order valence-corrected chi connectivity index (χ1v) is 3.80. The van der Waals surface area contributed by atoms with E-state index >= 15 is 0 Å². The molecule has 4 nitrogen and oxygen atoms in total. The molecule has 2 atom stereocenters. The zero-order valence-electron chi connectivity index (χ0n) is 6.66. The molecule has 0 saturated carbocycles. The molecular weight excluding hydrogens is 144 g/mol. The highest BCUT2D eigenvalue weighted by Crippen LogP contribution is 2.15. The smallest absolute Gasteiger partial charge is 0.231 e. The first kappa shape index (κ1) is 8.49. The average Bonchev–Trinajstić information content (AvgIpc) is 2.09. The Morgan fingerprint density at radius 3 is 2.82 bits per heavy atom. The van der Waals surface area contributed by atoms with Crippen molar-refractivity contribution in [2.75, 3.05) is 13.1 Å². The molecule has 11 heavy (non-hydrogen) atoms. The van der Waals surface area contributed by atoms with E-state index in [0.717, 1.165) is 6.42 Å². The van der Waals surface area contributed by atoms with Crippen LogP contribution < -0.4 is 5.73 Å². The molecule has 1 rings (SSSR count). The van der Waals surface area contributed by atoms with E-state index in [1.54, 1.807) is 0 Å². The van der Waals surface area contributed by atoms with Gasteiger partial charge in [0, 0.05) is 12.6 Å². The lowest BCUT2D eigenvalue weighted by Crippen LogP contribution is -2.36. The number of carbonyl (C=O) groups excluding carboxylic acids is 1. The Morgan fingerprint density at radius 1 is 1.82 bits per heavy atom. The third-order valence-electron chi connectivity index (χ3n) is 2.04. The molecule has 1 heterocycles. The summed E-state index contributed by atoms with van der Waals surface area (Å²) in [5, 5.41) is 9.19. The van der Waals surface area contributed by atoms with Crippen molar-refractivity contribution in [3.8, 4) is 0 Å². The van der Waals surface area contributed by atoms with E-state index < -0.39 is 0 Å². The highest BCUT2D eigenvalue weighted by molar-refractivity contribution is 5.76. The van der Waals surface area contributed by atoms with Crippen LogP contribution in [0.25, 0.3) is 0 Å². The summed E-state index contributed by atoms with van der Waals surface area (Å²) in [6.07, 6.45) is 0.456. The van der Waals surface area contributed by atoms with E-state index in [1.807, 2.05) is 11.8 Å². The van der Waals surface area contributed by atoms with Gasteiger partial charge in [0.25, 0.3) is 0 Å². The molecule has 1 aliphatic heterocycles. The van der Waals surface area contributed by atoms with Gasteiger partial charge in [0.15, 0.2) is 0 Å². The Morgan fingerprint density at radius 2 is 2.45 bits per heavy atom. The Labute approximate surface area is 66.0 Å². The van der Waals surface area contributed by atoms with Gasteiger partial charge in [-0.1, -0.05) is 0 Å². The summed E-state index contributed by atoms with van der Waals surface area (Å²) in [6, 6.07) is 0.275. The van der Waals surface area contributed by atoms with Crippen molar-refractivity contribution in [1.29, 1.82) is 0 Å². The molecule has 1 amide bonds. The molecule has 0 aromatic heterocycles. The minimum absolute atomic E-state index is 0.262. The zero-order valence-corrected chi connectivity index (χ0v) is 6.66. The summed E-state index contributed by atoms with van der Waals surface area (Å²) < 4.78 is 0. The SMILES string of the molecule is CC1CC(O)CN1CC(N)=O. The minimum atomic E-state index is -0.328. The molecule has 1 aliphatic rings. The normalized spacial score (nSPS) is 32.5. The molecule has 0 aliphatic carbocycles. The summed E-state index contributed by atoms with van der Waals surface area (Å²) in [6.45, 7) is 2.82. The van der Waals surface area contributed by atoms with Crippen LogP contribution in [0.5, 0.6) is 0 Å². The number of carbonyl (C=O) groups is 1. The third kappa shape index (κ3) is 2.17. The number of primary amides is 1. The van der Waals surface area contributed by atoms with E-state index in [0.29, 0.717) is 6.54 Å². The van der Waals surface area contributed by atoms with Gasteiger partial charge in [-0.05, 0) is 13.3 Å².